The third-order valence-corrected chi connectivity index (χ3v) is 4.01. The number of likely N-dealkylation sites (tertiary alicyclic amines) is 1. The van der Waals surface area contributed by atoms with E-state index < -0.39 is 0 Å². The van der Waals surface area contributed by atoms with Crippen molar-refractivity contribution in [3.63, 3.8) is 0 Å². The van der Waals surface area contributed by atoms with Gasteiger partial charge in [-0.25, -0.2) is 4.39 Å². The van der Waals surface area contributed by atoms with Crippen LogP contribution >= 0.6 is 0 Å². The second kappa shape index (κ2) is 4.86. The van der Waals surface area contributed by atoms with Gasteiger partial charge in [0.05, 0.1) is 5.69 Å². The number of para-hydroxylation sites is 1. The van der Waals surface area contributed by atoms with E-state index in [2.05, 4.69) is 10.2 Å². The topological polar surface area (TPSA) is 41.3 Å². The summed E-state index contributed by atoms with van der Waals surface area (Å²) in [4.78, 5) is 2.56. The van der Waals surface area contributed by atoms with E-state index in [-0.39, 0.29) is 11.5 Å². The Kier molecular flexibility index (Phi) is 3.22. The van der Waals surface area contributed by atoms with Gasteiger partial charge in [-0.05, 0) is 30.9 Å². The van der Waals surface area contributed by atoms with Gasteiger partial charge >= 0.3 is 0 Å². The third-order valence-electron chi connectivity index (χ3n) is 4.01. The molecule has 3 rings (SSSR count). The number of benzene rings is 1. The molecule has 0 amide bonds. The highest BCUT2D eigenvalue weighted by molar-refractivity contribution is 5.47. The van der Waals surface area contributed by atoms with Gasteiger partial charge in [0.1, 0.15) is 5.82 Å². The van der Waals surface area contributed by atoms with Crippen LogP contribution in [-0.4, -0.2) is 30.1 Å². The van der Waals surface area contributed by atoms with E-state index in [1.54, 1.807) is 6.07 Å². The molecule has 2 fully saturated rings. The van der Waals surface area contributed by atoms with Crippen LogP contribution in [0.3, 0.4) is 0 Å². The second-order valence-corrected chi connectivity index (χ2v) is 5.41. The molecular weight excluding hydrogens is 229 g/mol. The fourth-order valence-electron chi connectivity index (χ4n) is 2.72. The van der Waals surface area contributed by atoms with E-state index >= 15 is 0 Å². The highest BCUT2D eigenvalue weighted by atomic mass is 19.1. The first-order valence-electron chi connectivity index (χ1n) is 6.74. The Morgan fingerprint density at radius 2 is 2.17 bits per heavy atom. The minimum atomic E-state index is -0.319. The lowest BCUT2D eigenvalue weighted by Gasteiger charge is -2.16. The maximum absolute atomic E-state index is 13.3. The molecule has 1 saturated heterocycles. The molecule has 1 aromatic carbocycles. The van der Waals surface area contributed by atoms with E-state index in [9.17, 15) is 4.39 Å². The number of halogens is 1. The van der Waals surface area contributed by atoms with Crippen molar-refractivity contribution in [3.8, 4) is 0 Å². The number of nitrogens with two attached hydrogens (primary N) is 1. The average molecular weight is 249 g/mol. The fraction of sp³-hybridized carbons (Fsp3) is 0.571. The first kappa shape index (κ1) is 11.9. The van der Waals surface area contributed by atoms with E-state index in [0.717, 1.165) is 18.2 Å². The van der Waals surface area contributed by atoms with Crippen molar-refractivity contribution < 1.29 is 4.39 Å². The van der Waals surface area contributed by atoms with Crippen LogP contribution in [0.1, 0.15) is 24.8 Å². The normalized spacial score (nSPS) is 24.6. The monoisotopic (exact) mass is 249 g/mol. The number of anilines is 1. The molecule has 0 aromatic heterocycles. The first-order chi connectivity index (χ1) is 8.74. The summed E-state index contributed by atoms with van der Waals surface area (Å²) in [7, 11) is 0. The van der Waals surface area contributed by atoms with Gasteiger partial charge in [0, 0.05) is 31.7 Å². The summed E-state index contributed by atoms with van der Waals surface area (Å²) in [6.45, 7) is 2.98. The molecule has 4 heteroatoms. The van der Waals surface area contributed by atoms with Crippen molar-refractivity contribution in [2.75, 3.05) is 18.8 Å². The van der Waals surface area contributed by atoms with Gasteiger partial charge in [0.15, 0.2) is 0 Å². The van der Waals surface area contributed by atoms with Crippen LogP contribution in [0.5, 0.6) is 0 Å². The van der Waals surface area contributed by atoms with Crippen LogP contribution in [0, 0.1) is 5.82 Å². The standard InChI is InChI=1S/C14H20FN3/c15-13-3-1-2-10(14(13)16)8-17-11-6-7-18(9-11)12-4-5-12/h1-3,11-12,17H,4-9,16H2. The zero-order valence-corrected chi connectivity index (χ0v) is 10.5. The fourth-order valence-corrected chi connectivity index (χ4v) is 2.72. The van der Waals surface area contributed by atoms with Gasteiger partial charge in [-0.3, -0.25) is 4.90 Å². The molecule has 2 aliphatic rings. The molecule has 1 heterocycles. The molecule has 3 nitrogen and oxygen atoms in total. The molecule has 1 aromatic rings. The zero-order chi connectivity index (χ0) is 12.5. The van der Waals surface area contributed by atoms with E-state index in [0.29, 0.717) is 12.6 Å². The van der Waals surface area contributed by atoms with E-state index in [1.165, 1.54) is 31.9 Å². The summed E-state index contributed by atoms with van der Waals surface area (Å²) in [5, 5.41) is 3.49. The molecule has 0 bridgehead atoms. The molecule has 0 radical (unpaired) electrons. The van der Waals surface area contributed by atoms with E-state index in [1.807, 2.05) is 6.07 Å². The summed E-state index contributed by atoms with van der Waals surface area (Å²) in [5.41, 5.74) is 6.87. The van der Waals surface area contributed by atoms with Crippen LogP contribution < -0.4 is 11.1 Å². The molecule has 1 atom stereocenters. The zero-order valence-electron chi connectivity index (χ0n) is 10.5. The average Bonchev–Trinajstić information content (AvgIpc) is 3.11. The van der Waals surface area contributed by atoms with Gasteiger partial charge in [-0.1, -0.05) is 12.1 Å². The number of rotatable bonds is 4. The predicted octanol–water partition coefficient (Wildman–Crippen LogP) is 1.73. The lowest BCUT2D eigenvalue weighted by molar-refractivity contribution is 0.317. The molecule has 1 unspecified atom stereocenters. The number of nitrogens with zero attached hydrogens (tertiary/aromatic N) is 1. The minimum absolute atomic E-state index is 0.280. The SMILES string of the molecule is Nc1c(F)cccc1CNC1CCN(C2CC2)C1. The van der Waals surface area contributed by atoms with Crippen LogP contribution in [0.25, 0.3) is 0 Å². The Morgan fingerprint density at radius 1 is 1.33 bits per heavy atom. The van der Waals surface area contributed by atoms with Crippen molar-refractivity contribution in [3.05, 3.63) is 29.6 Å². The Bertz CT molecular complexity index is 431. The first-order valence-corrected chi connectivity index (χ1v) is 6.74. The van der Waals surface area contributed by atoms with Gasteiger partial charge in [0.2, 0.25) is 0 Å². The molecule has 1 aliphatic heterocycles. The Labute approximate surface area is 107 Å². The third kappa shape index (κ3) is 2.49. The number of nitrogens with one attached hydrogen (secondary N) is 1. The molecule has 1 saturated carbocycles. The summed E-state index contributed by atoms with van der Waals surface area (Å²) in [6.07, 6.45) is 3.92. The summed E-state index contributed by atoms with van der Waals surface area (Å²) in [5.74, 6) is -0.319. The van der Waals surface area contributed by atoms with Crippen molar-refractivity contribution in [1.29, 1.82) is 0 Å². The quantitative estimate of drug-likeness (QED) is 0.799. The predicted molar refractivity (Wildman–Crippen MR) is 70.7 cm³/mol. The molecular formula is C14H20FN3. The van der Waals surface area contributed by atoms with Gasteiger partial charge in [0.25, 0.3) is 0 Å². The van der Waals surface area contributed by atoms with Gasteiger partial charge < -0.3 is 11.1 Å². The summed E-state index contributed by atoms with van der Waals surface area (Å²) < 4.78 is 13.3. The lowest BCUT2D eigenvalue weighted by atomic mass is 10.1. The second-order valence-electron chi connectivity index (χ2n) is 5.41. The van der Waals surface area contributed by atoms with Crippen LogP contribution in [0.2, 0.25) is 0 Å². The van der Waals surface area contributed by atoms with Gasteiger partial charge in [-0.2, -0.15) is 0 Å². The summed E-state index contributed by atoms with van der Waals surface area (Å²) in [6, 6.07) is 6.38. The van der Waals surface area contributed by atoms with Gasteiger partial charge in [-0.15, -0.1) is 0 Å². The molecule has 0 spiro atoms. The van der Waals surface area contributed by atoms with Crippen molar-refractivity contribution in [2.24, 2.45) is 0 Å². The lowest BCUT2D eigenvalue weighted by Crippen LogP contribution is -2.33. The number of nitrogen functional groups attached to an aromatic ring is 1. The maximum Gasteiger partial charge on any atom is 0.146 e. The van der Waals surface area contributed by atoms with Crippen LogP contribution in [0.4, 0.5) is 10.1 Å². The largest absolute Gasteiger partial charge is 0.396 e. The molecule has 98 valence electrons. The van der Waals surface area contributed by atoms with Crippen LogP contribution in [-0.2, 0) is 6.54 Å². The number of hydrogen-bond donors (Lipinski definition) is 2. The molecule has 1 aliphatic carbocycles. The highest BCUT2D eigenvalue weighted by Crippen LogP contribution is 2.29. The maximum atomic E-state index is 13.3. The van der Waals surface area contributed by atoms with Crippen molar-refractivity contribution >= 4 is 5.69 Å². The van der Waals surface area contributed by atoms with Crippen molar-refractivity contribution in [1.82, 2.24) is 10.2 Å². The minimum Gasteiger partial charge on any atom is -0.396 e. The molecule has 18 heavy (non-hydrogen) atoms. The van der Waals surface area contributed by atoms with E-state index in [4.69, 9.17) is 5.73 Å². The van der Waals surface area contributed by atoms with Crippen molar-refractivity contribution in [2.45, 2.75) is 37.9 Å². The smallest absolute Gasteiger partial charge is 0.146 e. The number of hydrogen-bond acceptors (Lipinski definition) is 3. The Hall–Kier alpha value is -1.13. The summed E-state index contributed by atoms with van der Waals surface area (Å²) >= 11 is 0. The Balaban J connectivity index is 1.53. The molecule has 3 N–H and O–H groups in total. The Morgan fingerprint density at radius 3 is 2.94 bits per heavy atom. The van der Waals surface area contributed by atoms with Crippen LogP contribution in [0.15, 0.2) is 18.2 Å². The highest BCUT2D eigenvalue weighted by Gasteiger charge is 2.34.